The van der Waals surface area contributed by atoms with Gasteiger partial charge in [-0.25, -0.2) is 0 Å². The van der Waals surface area contributed by atoms with Crippen molar-refractivity contribution in [3.63, 3.8) is 0 Å². The van der Waals surface area contributed by atoms with Crippen LogP contribution in [0.1, 0.15) is 57.7 Å². The van der Waals surface area contributed by atoms with Crippen LogP contribution in [-0.2, 0) is 11.8 Å². The van der Waals surface area contributed by atoms with Gasteiger partial charge in [-0.3, -0.25) is 0 Å². The Bertz CT molecular complexity index is 433. The summed E-state index contributed by atoms with van der Waals surface area (Å²) in [5.74, 6) is 2.50. The minimum atomic E-state index is 0.296. The van der Waals surface area contributed by atoms with Gasteiger partial charge in [0.1, 0.15) is 0 Å². The van der Waals surface area contributed by atoms with Gasteiger partial charge >= 0.3 is 0 Å². The molecule has 2 heteroatoms. The van der Waals surface area contributed by atoms with Crippen LogP contribution in [0, 0.1) is 17.8 Å². The molecule has 2 heterocycles. The molecule has 3 atom stereocenters. The van der Waals surface area contributed by atoms with Gasteiger partial charge in [0.05, 0.1) is 0 Å². The maximum atomic E-state index is 2.70. The molecule has 1 saturated heterocycles. The molecule has 3 unspecified atom stereocenters. The molecule has 0 radical (unpaired) electrons. The van der Waals surface area contributed by atoms with Crippen molar-refractivity contribution >= 4 is 11.3 Å². The van der Waals surface area contributed by atoms with Gasteiger partial charge in [0.2, 0.25) is 0 Å². The Kier molecular flexibility index (Phi) is 5.54. The number of hydrogen-bond acceptors (Lipinski definition) is 2. The molecule has 1 aliphatic rings. The minimum absolute atomic E-state index is 0.296. The smallest absolute Gasteiger partial charge is 0.0102 e. The molecule has 0 bridgehead atoms. The summed E-state index contributed by atoms with van der Waals surface area (Å²) in [6.45, 7) is 18.0. The van der Waals surface area contributed by atoms with Crippen molar-refractivity contribution < 1.29 is 0 Å². The van der Waals surface area contributed by atoms with E-state index < -0.39 is 0 Å². The van der Waals surface area contributed by atoms with Gasteiger partial charge in [-0.05, 0) is 48.1 Å². The van der Waals surface area contributed by atoms with Crippen molar-refractivity contribution in [1.82, 2.24) is 4.90 Å². The topological polar surface area (TPSA) is 3.24 Å². The lowest BCUT2D eigenvalue weighted by Crippen LogP contribution is -2.41. The number of rotatable bonds is 4. The summed E-state index contributed by atoms with van der Waals surface area (Å²) in [4.78, 5) is 5.78. The van der Waals surface area contributed by atoms with E-state index in [9.17, 15) is 0 Å². The molecule has 0 aliphatic carbocycles. The third kappa shape index (κ3) is 5.10. The van der Waals surface area contributed by atoms with Crippen LogP contribution in [-0.4, -0.2) is 24.5 Å². The summed E-state index contributed by atoms with van der Waals surface area (Å²) in [5.41, 5.74) is 0.296. The van der Waals surface area contributed by atoms with Crippen LogP contribution in [0.25, 0.3) is 0 Å². The average Bonchev–Trinajstić information content (AvgIpc) is 2.75. The van der Waals surface area contributed by atoms with E-state index in [1.807, 2.05) is 11.3 Å². The van der Waals surface area contributed by atoms with Gasteiger partial charge < -0.3 is 4.90 Å². The van der Waals surface area contributed by atoms with E-state index in [2.05, 4.69) is 58.6 Å². The van der Waals surface area contributed by atoms with Gasteiger partial charge in [-0.1, -0.05) is 41.5 Å². The van der Waals surface area contributed by atoms with Crippen LogP contribution in [0.2, 0.25) is 0 Å². The molecule has 2 rings (SSSR count). The van der Waals surface area contributed by atoms with Gasteiger partial charge in [0.25, 0.3) is 0 Å². The molecule has 1 nitrogen and oxygen atoms in total. The fourth-order valence-corrected chi connectivity index (χ4v) is 4.91. The zero-order valence-corrected chi connectivity index (χ0v) is 15.6. The van der Waals surface area contributed by atoms with Crippen molar-refractivity contribution in [2.75, 3.05) is 19.6 Å². The summed E-state index contributed by atoms with van der Waals surface area (Å²) in [6.07, 6.45) is 2.64. The number of thiophene rings is 1. The van der Waals surface area contributed by atoms with E-state index in [0.29, 0.717) is 5.41 Å². The molecule has 1 aromatic heterocycles. The first-order chi connectivity index (χ1) is 9.74. The highest BCUT2D eigenvalue weighted by Gasteiger charge is 2.23. The molecular formula is C19H33NS. The Balaban J connectivity index is 1.87. The predicted molar refractivity (Wildman–Crippen MR) is 95.3 cm³/mol. The summed E-state index contributed by atoms with van der Waals surface area (Å²) < 4.78 is 0. The molecular weight excluding hydrogens is 274 g/mol. The minimum Gasteiger partial charge on any atom is -0.303 e. The summed E-state index contributed by atoms with van der Waals surface area (Å²) in [7, 11) is 0. The van der Waals surface area contributed by atoms with E-state index in [-0.39, 0.29) is 0 Å². The molecule has 21 heavy (non-hydrogen) atoms. The Morgan fingerprint density at radius 1 is 1.19 bits per heavy atom. The molecule has 1 fully saturated rings. The van der Waals surface area contributed by atoms with E-state index in [1.165, 1.54) is 37.4 Å². The Morgan fingerprint density at radius 3 is 2.33 bits per heavy atom. The zero-order chi connectivity index (χ0) is 15.6. The van der Waals surface area contributed by atoms with Crippen molar-refractivity contribution in [3.05, 3.63) is 21.9 Å². The standard InChI is InChI=1S/C19H33NS/c1-14-9-15(2)12-20(11-14)13-16(3)10-17-7-8-18(21-17)19(4,5)6/h7-8,14-16H,9-13H2,1-6H3. The van der Waals surface area contributed by atoms with Gasteiger partial charge in [0, 0.05) is 29.4 Å². The van der Waals surface area contributed by atoms with Crippen molar-refractivity contribution in [2.45, 2.75) is 59.8 Å². The number of hydrogen-bond donors (Lipinski definition) is 0. The Morgan fingerprint density at radius 2 is 1.81 bits per heavy atom. The van der Waals surface area contributed by atoms with Crippen molar-refractivity contribution in [3.8, 4) is 0 Å². The molecule has 120 valence electrons. The molecule has 0 saturated carbocycles. The zero-order valence-electron chi connectivity index (χ0n) is 14.8. The third-order valence-corrected chi connectivity index (χ3v) is 6.00. The largest absolute Gasteiger partial charge is 0.303 e. The monoisotopic (exact) mass is 307 g/mol. The second-order valence-corrected chi connectivity index (χ2v) is 9.66. The van der Waals surface area contributed by atoms with Gasteiger partial charge in [-0.2, -0.15) is 0 Å². The first-order valence-electron chi connectivity index (χ1n) is 8.55. The fourth-order valence-electron chi connectivity index (χ4n) is 3.68. The van der Waals surface area contributed by atoms with Gasteiger partial charge in [0.15, 0.2) is 0 Å². The maximum absolute atomic E-state index is 2.70. The lowest BCUT2D eigenvalue weighted by atomic mass is 9.91. The predicted octanol–water partition coefficient (Wildman–Crippen LogP) is 5.20. The first-order valence-corrected chi connectivity index (χ1v) is 9.37. The fraction of sp³-hybridized carbons (Fsp3) is 0.789. The molecule has 0 amide bonds. The van der Waals surface area contributed by atoms with Crippen LogP contribution in [0.4, 0.5) is 0 Å². The lowest BCUT2D eigenvalue weighted by Gasteiger charge is -2.36. The third-order valence-electron chi connectivity index (χ3n) is 4.46. The summed E-state index contributed by atoms with van der Waals surface area (Å²) >= 11 is 2.01. The van der Waals surface area contributed by atoms with Crippen LogP contribution in [0.3, 0.4) is 0 Å². The first kappa shape index (κ1) is 17.0. The highest BCUT2D eigenvalue weighted by molar-refractivity contribution is 7.12. The van der Waals surface area contributed by atoms with Crippen molar-refractivity contribution in [2.24, 2.45) is 17.8 Å². The normalized spacial score (nSPS) is 26.0. The highest BCUT2D eigenvalue weighted by atomic mass is 32.1. The number of nitrogens with zero attached hydrogens (tertiary/aromatic N) is 1. The second kappa shape index (κ2) is 6.83. The summed E-state index contributed by atoms with van der Waals surface area (Å²) in [5, 5.41) is 0. The van der Waals surface area contributed by atoms with Crippen LogP contribution >= 0.6 is 11.3 Å². The Hall–Kier alpha value is -0.340. The molecule has 0 spiro atoms. The quantitative estimate of drug-likeness (QED) is 0.739. The van der Waals surface area contributed by atoms with Gasteiger partial charge in [-0.15, -0.1) is 11.3 Å². The van der Waals surface area contributed by atoms with Crippen LogP contribution < -0.4 is 0 Å². The van der Waals surface area contributed by atoms with Crippen molar-refractivity contribution in [1.29, 1.82) is 0 Å². The molecule has 1 aliphatic heterocycles. The summed E-state index contributed by atoms with van der Waals surface area (Å²) in [6, 6.07) is 4.68. The SMILES string of the molecule is CC(Cc1ccc(C(C)(C)C)s1)CN1CC(C)CC(C)C1. The maximum Gasteiger partial charge on any atom is 0.0102 e. The van der Waals surface area contributed by atoms with E-state index >= 15 is 0 Å². The number of likely N-dealkylation sites (tertiary alicyclic amines) is 1. The lowest BCUT2D eigenvalue weighted by molar-refractivity contribution is 0.125. The highest BCUT2D eigenvalue weighted by Crippen LogP contribution is 2.31. The molecule has 0 N–H and O–H groups in total. The molecule has 0 aromatic carbocycles. The average molecular weight is 308 g/mol. The van der Waals surface area contributed by atoms with Crippen LogP contribution in [0.15, 0.2) is 12.1 Å². The molecule has 1 aromatic rings. The van der Waals surface area contributed by atoms with Crippen LogP contribution in [0.5, 0.6) is 0 Å². The van der Waals surface area contributed by atoms with E-state index in [0.717, 1.165) is 17.8 Å². The van der Waals surface area contributed by atoms with E-state index in [1.54, 1.807) is 4.88 Å². The second-order valence-electron chi connectivity index (χ2n) is 8.49. The van der Waals surface area contributed by atoms with E-state index in [4.69, 9.17) is 0 Å². The Labute approximate surface area is 135 Å². The number of piperidine rings is 1.